The summed E-state index contributed by atoms with van der Waals surface area (Å²) in [6, 6.07) is 7.76. The van der Waals surface area contributed by atoms with Crippen LogP contribution in [0.2, 0.25) is 0 Å². The Morgan fingerprint density at radius 3 is 2.53 bits per heavy atom. The monoisotopic (exact) mass is 254 g/mol. The molecule has 1 aromatic rings. The molecule has 17 heavy (non-hydrogen) atoms. The van der Waals surface area contributed by atoms with Crippen molar-refractivity contribution in [3.05, 3.63) is 29.8 Å². The molecule has 1 unspecified atom stereocenters. The highest BCUT2D eigenvalue weighted by molar-refractivity contribution is 7.99. The quantitative estimate of drug-likeness (QED) is 0.718. The lowest BCUT2D eigenvalue weighted by molar-refractivity contribution is 0.175. The van der Waals surface area contributed by atoms with Crippen LogP contribution in [0.1, 0.15) is 38.4 Å². The molecular weight excluding hydrogens is 232 g/mol. The van der Waals surface area contributed by atoms with Crippen LogP contribution < -0.4 is 4.74 Å². The minimum absolute atomic E-state index is 0.353. The lowest BCUT2D eigenvalue weighted by Crippen LogP contribution is -2.00. The first-order valence-electron chi connectivity index (χ1n) is 6.26. The molecule has 1 aromatic carbocycles. The zero-order valence-electron chi connectivity index (χ0n) is 10.7. The van der Waals surface area contributed by atoms with E-state index in [0.717, 1.165) is 42.3 Å². The number of hydrogen-bond acceptors (Lipinski definition) is 3. The molecular formula is C14H22O2S. The van der Waals surface area contributed by atoms with E-state index < -0.39 is 0 Å². The zero-order chi connectivity index (χ0) is 12.5. The fraction of sp³-hybridized carbons (Fsp3) is 0.571. The minimum Gasteiger partial charge on any atom is -0.494 e. The van der Waals surface area contributed by atoms with Gasteiger partial charge in [-0.25, -0.2) is 0 Å². The molecule has 0 saturated heterocycles. The number of aliphatic hydroxyl groups excluding tert-OH is 1. The molecule has 0 heterocycles. The van der Waals surface area contributed by atoms with Gasteiger partial charge in [-0.05, 0) is 42.0 Å². The molecule has 0 fully saturated rings. The van der Waals surface area contributed by atoms with E-state index in [0.29, 0.717) is 0 Å². The van der Waals surface area contributed by atoms with Gasteiger partial charge < -0.3 is 9.84 Å². The Labute approximate surface area is 108 Å². The Hall–Kier alpha value is -0.670. The summed E-state index contributed by atoms with van der Waals surface area (Å²) in [5, 5.41) is 9.96. The van der Waals surface area contributed by atoms with Crippen molar-refractivity contribution in [3.63, 3.8) is 0 Å². The van der Waals surface area contributed by atoms with Gasteiger partial charge in [-0.15, -0.1) is 0 Å². The van der Waals surface area contributed by atoms with Crippen LogP contribution in [0.25, 0.3) is 0 Å². The summed E-state index contributed by atoms with van der Waals surface area (Å²) < 4.78 is 5.50. The first-order valence-corrected chi connectivity index (χ1v) is 7.42. The normalized spacial score (nSPS) is 12.4. The van der Waals surface area contributed by atoms with E-state index in [-0.39, 0.29) is 6.10 Å². The topological polar surface area (TPSA) is 29.5 Å². The van der Waals surface area contributed by atoms with Gasteiger partial charge in [0.15, 0.2) is 0 Å². The SMILES string of the molecule is CCCOc1ccc(C(O)CCSCC)cc1. The molecule has 0 aliphatic rings. The van der Waals surface area contributed by atoms with Gasteiger partial charge in [0.1, 0.15) is 5.75 Å². The highest BCUT2D eigenvalue weighted by Gasteiger charge is 2.07. The van der Waals surface area contributed by atoms with Crippen LogP contribution in [0.5, 0.6) is 5.75 Å². The molecule has 0 amide bonds. The summed E-state index contributed by atoms with van der Waals surface area (Å²) in [7, 11) is 0. The van der Waals surface area contributed by atoms with Crippen molar-refractivity contribution in [2.24, 2.45) is 0 Å². The Kier molecular flexibility index (Phi) is 7.13. The number of aliphatic hydroxyl groups is 1. The van der Waals surface area contributed by atoms with Crippen molar-refractivity contribution < 1.29 is 9.84 Å². The van der Waals surface area contributed by atoms with Gasteiger partial charge in [-0.2, -0.15) is 11.8 Å². The molecule has 0 aliphatic carbocycles. The maximum atomic E-state index is 9.96. The highest BCUT2D eigenvalue weighted by atomic mass is 32.2. The predicted octanol–water partition coefficient (Wildman–Crippen LogP) is 3.65. The van der Waals surface area contributed by atoms with Gasteiger partial charge >= 0.3 is 0 Å². The second kappa shape index (κ2) is 8.43. The molecule has 0 saturated carbocycles. The van der Waals surface area contributed by atoms with Gasteiger partial charge in [-0.3, -0.25) is 0 Å². The van der Waals surface area contributed by atoms with Crippen molar-refractivity contribution in [2.45, 2.75) is 32.8 Å². The summed E-state index contributed by atoms with van der Waals surface area (Å²) in [5.74, 6) is 2.99. The number of thioether (sulfide) groups is 1. The molecule has 96 valence electrons. The molecule has 0 bridgehead atoms. The fourth-order valence-electron chi connectivity index (χ4n) is 1.51. The molecule has 0 spiro atoms. The van der Waals surface area contributed by atoms with Gasteiger partial charge in [0.05, 0.1) is 12.7 Å². The van der Waals surface area contributed by atoms with Crippen molar-refractivity contribution >= 4 is 11.8 Å². The average Bonchev–Trinajstić information content (AvgIpc) is 2.37. The predicted molar refractivity (Wildman–Crippen MR) is 74.8 cm³/mol. The van der Waals surface area contributed by atoms with Crippen molar-refractivity contribution in [2.75, 3.05) is 18.1 Å². The molecule has 0 aromatic heterocycles. The van der Waals surface area contributed by atoms with Gasteiger partial charge in [0.2, 0.25) is 0 Å². The van der Waals surface area contributed by atoms with Gasteiger partial charge in [0.25, 0.3) is 0 Å². The molecule has 1 rings (SSSR count). The first kappa shape index (κ1) is 14.4. The number of hydrogen-bond donors (Lipinski definition) is 1. The molecule has 3 heteroatoms. The number of rotatable bonds is 8. The third-order valence-electron chi connectivity index (χ3n) is 2.48. The third kappa shape index (κ3) is 5.46. The van der Waals surface area contributed by atoms with Gasteiger partial charge in [0, 0.05) is 0 Å². The standard InChI is InChI=1S/C14H22O2S/c1-3-10-16-13-7-5-12(6-8-13)14(15)9-11-17-4-2/h5-8,14-15H,3-4,9-11H2,1-2H3. The van der Waals surface area contributed by atoms with E-state index in [1.807, 2.05) is 36.0 Å². The lowest BCUT2D eigenvalue weighted by Gasteiger charge is -2.11. The van der Waals surface area contributed by atoms with E-state index in [1.54, 1.807) is 0 Å². The van der Waals surface area contributed by atoms with Crippen molar-refractivity contribution in [1.82, 2.24) is 0 Å². The van der Waals surface area contributed by atoms with E-state index in [1.165, 1.54) is 0 Å². The number of benzene rings is 1. The Balaban J connectivity index is 2.43. The minimum atomic E-state index is -0.353. The Morgan fingerprint density at radius 1 is 1.24 bits per heavy atom. The molecule has 0 aliphatic heterocycles. The average molecular weight is 254 g/mol. The van der Waals surface area contributed by atoms with Crippen LogP contribution in [-0.4, -0.2) is 23.2 Å². The summed E-state index contributed by atoms with van der Waals surface area (Å²) in [6.07, 6.45) is 1.47. The van der Waals surface area contributed by atoms with Crippen LogP contribution >= 0.6 is 11.8 Å². The fourth-order valence-corrected chi connectivity index (χ4v) is 2.19. The smallest absolute Gasteiger partial charge is 0.119 e. The second-order valence-electron chi connectivity index (χ2n) is 3.92. The van der Waals surface area contributed by atoms with E-state index in [4.69, 9.17) is 4.74 Å². The summed E-state index contributed by atoms with van der Waals surface area (Å²) in [4.78, 5) is 0. The summed E-state index contributed by atoms with van der Waals surface area (Å²) in [6.45, 7) is 4.97. The lowest BCUT2D eigenvalue weighted by atomic mass is 10.1. The molecule has 1 N–H and O–H groups in total. The number of ether oxygens (including phenoxy) is 1. The van der Waals surface area contributed by atoms with E-state index in [2.05, 4.69) is 13.8 Å². The van der Waals surface area contributed by atoms with Crippen molar-refractivity contribution in [3.8, 4) is 5.75 Å². The molecule has 2 nitrogen and oxygen atoms in total. The van der Waals surface area contributed by atoms with Crippen LogP contribution in [0.4, 0.5) is 0 Å². The molecule has 0 radical (unpaired) electrons. The second-order valence-corrected chi connectivity index (χ2v) is 5.31. The van der Waals surface area contributed by atoms with E-state index in [9.17, 15) is 5.11 Å². The largest absolute Gasteiger partial charge is 0.494 e. The Morgan fingerprint density at radius 2 is 1.94 bits per heavy atom. The van der Waals surface area contributed by atoms with Crippen LogP contribution in [-0.2, 0) is 0 Å². The maximum Gasteiger partial charge on any atom is 0.119 e. The van der Waals surface area contributed by atoms with Gasteiger partial charge in [-0.1, -0.05) is 26.0 Å². The van der Waals surface area contributed by atoms with Crippen LogP contribution in [0.3, 0.4) is 0 Å². The maximum absolute atomic E-state index is 9.96. The highest BCUT2D eigenvalue weighted by Crippen LogP contribution is 2.21. The van der Waals surface area contributed by atoms with Crippen LogP contribution in [0.15, 0.2) is 24.3 Å². The third-order valence-corrected chi connectivity index (χ3v) is 3.41. The summed E-state index contributed by atoms with van der Waals surface area (Å²) >= 11 is 1.86. The van der Waals surface area contributed by atoms with Crippen molar-refractivity contribution in [1.29, 1.82) is 0 Å². The van der Waals surface area contributed by atoms with Crippen LogP contribution in [0, 0.1) is 0 Å². The molecule has 1 atom stereocenters. The first-order chi connectivity index (χ1) is 8.27. The zero-order valence-corrected chi connectivity index (χ0v) is 11.5. The summed E-state index contributed by atoms with van der Waals surface area (Å²) in [5.41, 5.74) is 0.977. The van der Waals surface area contributed by atoms with E-state index >= 15 is 0 Å². The Bertz CT molecular complexity index is 298.